The average molecular weight is 543 g/mol. The third-order valence-electron chi connectivity index (χ3n) is 5.98. The Hall–Kier alpha value is 0.283. The van der Waals surface area contributed by atoms with Crippen molar-refractivity contribution in [2.45, 2.75) is 52.1 Å². The molecule has 0 bridgehead atoms. The van der Waals surface area contributed by atoms with Crippen molar-refractivity contribution in [2.75, 3.05) is 0 Å². The van der Waals surface area contributed by atoms with Gasteiger partial charge in [0.25, 0.3) is 0 Å². The molecule has 2 aliphatic rings. The summed E-state index contributed by atoms with van der Waals surface area (Å²) in [5, 5.41) is 0. The minimum Gasteiger partial charge on any atom is -1.00 e. The Morgan fingerprint density at radius 1 is 0.960 bits per heavy atom. The van der Waals surface area contributed by atoms with Crippen LogP contribution in [0.1, 0.15) is 63.2 Å². The van der Waals surface area contributed by atoms with Crippen molar-refractivity contribution in [1.29, 1.82) is 0 Å². The van der Waals surface area contributed by atoms with Crippen LogP contribution in [0.15, 0.2) is 49.8 Å². The van der Waals surface area contributed by atoms with Crippen molar-refractivity contribution in [2.24, 2.45) is 11.3 Å². The van der Waals surface area contributed by atoms with Crippen LogP contribution in [0.4, 0.5) is 0 Å². The molecule has 1 unspecified atom stereocenters. The molecule has 0 N–H and O–H groups in total. The van der Waals surface area contributed by atoms with Crippen LogP contribution in [-0.2, 0) is 23.2 Å². The number of benzene rings is 1. The second-order valence-electron chi connectivity index (χ2n) is 7.88. The fourth-order valence-electron chi connectivity index (χ4n) is 4.04. The molecule has 2 aliphatic carbocycles. The van der Waals surface area contributed by atoms with Gasteiger partial charge < -0.3 is 34.0 Å². The van der Waals surface area contributed by atoms with E-state index < -0.39 is 23.2 Å². The molecule has 1 aromatic carbocycles. The number of halogens is 2. The van der Waals surface area contributed by atoms with E-state index in [9.17, 15) is 0 Å². The van der Waals surface area contributed by atoms with Crippen molar-refractivity contribution in [3.05, 3.63) is 61.0 Å². The summed E-state index contributed by atoms with van der Waals surface area (Å²) in [6.45, 7) is 16.6. The van der Waals surface area contributed by atoms with Gasteiger partial charge in [-0.05, 0) is 0 Å². The van der Waals surface area contributed by atoms with Gasteiger partial charge in [0.05, 0.1) is 0 Å². The number of hydrogen-bond acceptors (Lipinski definition) is 0. The molecule has 1 aromatic rings. The van der Waals surface area contributed by atoms with Crippen LogP contribution in [0.25, 0.3) is 6.08 Å². The fourth-order valence-corrected chi connectivity index (χ4v) is 9.55. The molecule has 0 saturated heterocycles. The minimum atomic E-state index is -0.726. The van der Waals surface area contributed by atoms with Crippen molar-refractivity contribution in [3.63, 3.8) is 0 Å². The molecule has 134 valence electrons. The maximum absolute atomic E-state index is 2.48. The van der Waals surface area contributed by atoms with E-state index in [1.807, 2.05) is 3.28 Å². The van der Waals surface area contributed by atoms with E-state index in [-0.39, 0.29) is 39.4 Å². The van der Waals surface area contributed by atoms with Crippen LogP contribution in [0.3, 0.4) is 0 Å². The van der Waals surface area contributed by atoms with E-state index in [2.05, 4.69) is 78.8 Å². The second kappa shape index (κ2) is 8.53. The zero-order chi connectivity index (χ0) is 16.9. The van der Waals surface area contributed by atoms with Gasteiger partial charge in [-0.15, -0.1) is 0 Å². The summed E-state index contributed by atoms with van der Waals surface area (Å²) < 4.78 is 2.53. The SMILES string of the molecule is CC1=C(C)C(C)(C)[C]([Zr+2][CH]2C(C(C)C)=Cc3ccccc32)=C1C.[Br-].[Br-]. The predicted octanol–water partition coefficient (Wildman–Crippen LogP) is 0.521. The molecule has 0 amide bonds. The molecular formula is C22H28Br2Zr. The Kier molecular flexibility index (Phi) is 7.96. The van der Waals surface area contributed by atoms with Crippen molar-refractivity contribution in [3.8, 4) is 0 Å². The van der Waals surface area contributed by atoms with Crippen molar-refractivity contribution in [1.82, 2.24) is 0 Å². The van der Waals surface area contributed by atoms with Gasteiger partial charge in [-0.2, -0.15) is 0 Å². The molecule has 25 heavy (non-hydrogen) atoms. The summed E-state index contributed by atoms with van der Waals surface area (Å²) in [6, 6.07) is 9.07. The van der Waals surface area contributed by atoms with Gasteiger partial charge in [0, 0.05) is 0 Å². The minimum absolute atomic E-state index is 0. The smallest absolute Gasteiger partial charge is 1.00 e. The van der Waals surface area contributed by atoms with Crippen LogP contribution in [0.5, 0.6) is 0 Å². The summed E-state index contributed by atoms with van der Waals surface area (Å²) >= 11 is -0.726. The third kappa shape index (κ3) is 3.95. The molecule has 0 aromatic heterocycles. The summed E-state index contributed by atoms with van der Waals surface area (Å²) in [4.78, 5) is 0. The van der Waals surface area contributed by atoms with E-state index in [0.29, 0.717) is 5.92 Å². The number of hydrogen-bond donors (Lipinski definition) is 0. The first-order chi connectivity index (χ1) is 10.7. The summed E-state index contributed by atoms with van der Waals surface area (Å²) in [5.41, 5.74) is 9.76. The van der Waals surface area contributed by atoms with Gasteiger partial charge in [-0.1, -0.05) is 0 Å². The van der Waals surface area contributed by atoms with Crippen molar-refractivity contribution < 1.29 is 57.2 Å². The largest absolute Gasteiger partial charge is 1.00 e. The number of rotatable bonds is 3. The van der Waals surface area contributed by atoms with Gasteiger partial charge in [0.1, 0.15) is 0 Å². The van der Waals surface area contributed by atoms with Crippen LogP contribution in [0.2, 0.25) is 0 Å². The molecule has 0 aliphatic heterocycles. The first-order valence-electron chi connectivity index (χ1n) is 8.71. The number of allylic oxidation sites excluding steroid dienone is 5. The molecule has 0 radical (unpaired) electrons. The Labute approximate surface area is 186 Å². The van der Waals surface area contributed by atoms with Crippen molar-refractivity contribution >= 4 is 6.08 Å². The van der Waals surface area contributed by atoms with E-state index in [1.54, 1.807) is 27.9 Å². The first-order valence-corrected chi connectivity index (χ1v) is 11.4. The van der Waals surface area contributed by atoms with Gasteiger partial charge >= 0.3 is 154 Å². The molecule has 0 saturated carbocycles. The Bertz CT molecular complexity index is 751. The van der Waals surface area contributed by atoms with E-state index >= 15 is 0 Å². The van der Waals surface area contributed by atoms with Crippen LogP contribution < -0.4 is 34.0 Å². The van der Waals surface area contributed by atoms with Crippen LogP contribution in [-0.4, -0.2) is 0 Å². The number of fused-ring (bicyclic) bond motifs is 1. The Morgan fingerprint density at radius 3 is 2.08 bits per heavy atom. The molecule has 1 atom stereocenters. The zero-order valence-corrected chi connectivity index (χ0v) is 21.9. The molecule has 0 heterocycles. The first kappa shape index (κ1) is 23.3. The van der Waals surface area contributed by atoms with E-state index in [4.69, 9.17) is 0 Å². The molecule has 3 rings (SSSR count). The zero-order valence-electron chi connectivity index (χ0n) is 16.3. The summed E-state index contributed by atoms with van der Waals surface area (Å²) in [5.74, 6) is 0.647. The van der Waals surface area contributed by atoms with E-state index in [1.165, 1.54) is 5.56 Å². The van der Waals surface area contributed by atoms with Gasteiger partial charge in [0.15, 0.2) is 0 Å². The maximum Gasteiger partial charge on any atom is -1.00 e. The van der Waals surface area contributed by atoms with E-state index in [0.717, 1.165) is 3.63 Å². The maximum atomic E-state index is 2.48. The molecular weight excluding hydrogens is 515 g/mol. The fraction of sp³-hybridized carbons (Fsp3) is 0.455. The van der Waals surface area contributed by atoms with Crippen LogP contribution in [0, 0.1) is 11.3 Å². The second-order valence-corrected chi connectivity index (χ2v) is 11.2. The third-order valence-corrected chi connectivity index (χ3v) is 11.4. The Balaban J connectivity index is 0.00000156. The topological polar surface area (TPSA) is 0 Å². The monoisotopic (exact) mass is 540 g/mol. The predicted molar refractivity (Wildman–Crippen MR) is 96.9 cm³/mol. The molecule has 0 spiro atoms. The molecule has 3 heteroatoms. The standard InChI is InChI=1S/C12H13.C10H15.2BrH.Zr/c1-9(2)12-7-10-5-3-4-6-11(10)8-12;1-7-6-10(4,5)9(3)8(7)2;;;/h3-9H,1-2H3;1-5H3;2*1H;/q;;;;+2/p-2. The quantitative estimate of drug-likeness (QED) is 0.522. The van der Waals surface area contributed by atoms with Gasteiger partial charge in [0.2, 0.25) is 0 Å². The summed E-state index contributed by atoms with van der Waals surface area (Å²) in [6.07, 6.45) is 2.48. The molecule has 0 fully saturated rings. The van der Waals surface area contributed by atoms with Gasteiger partial charge in [-0.3, -0.25) is 0 Å². The average Bonchev–Trinajstić information content (AvgIpc) is 2.94. The van der Waals surface area contributed by atoms with Gasteiger partial charge in [-0.25, -0.2) is 0 Å². The Morgan fingerprint density at radius 2 is 1.56 bits per heavy atom. The normalized spacial score (nSPS) is 20.8. The summed E-state index contributed by atoms with van der Waals surface area (Å²) in [7, 11) is 0. The van der Waals surface area contributed by atoms with Crippen LogP contribution >= 0.6 is 0 Å². The molecule has 0 nitrogen and oxygen atoms in total.